The van der Waals surface area contributed by atoms with Gasteiger partial charge in [0.1, 0.15) is 5.82 Å². The molecule has 26 heavy (non-hydrogen) atoms. The Kier molecular flexibility index (Phi) is 3.84. The first kappa shape index (κ1) is 16.8. The van der Waals surface area contributed by atoms with Crippen molar-refractivity contribution in [3.8, 4) is 11.4 Å². The van der Waals surface area contributed by atoms with Gasteiger partial charge in [0.05, 0.1) is 28.1 Å². The van der Waals surface area contributed by atoms with Crippen LogP contribution in [0.4, 0.5) is 0 Å². The number of rotatable bonds is 3. The van der Waals surface area contributed by atoms with Crippen LogP contribution in [0.25, 0.3) is 22.4 Å². The second kappa shape index (κ2) is 5.95. The average Bonchev–Trinajstić information content (AvgIpc) is 3.15. The van der Waals surface area contributed by atoms with Gasteiger partial charge < -0.3 is 10.3 Å². The van der Waals surface area contributed by atoms with Gasteiger partial charge in [0, 0.05) is 11.1 Å². The fourth-order valence-corrected chi connectivity index (χ4v) is 5.42. The van der Waals surface area contributed by atoms with Gasteiger partial charge in [-0.1, -0.05) is 24.3 Å². The normalized spacial score (nSPS) is 21.7. The van der Waals surface area contributed by atoms with E-state index < -0.39 is 15.4 Å². The highest BCUT2D eigenvalue weighted by atomic mass is 32.2. The molecule has 1 amide bonds. The molecular weight excluding hydrogens is 350 g/mol. The number of aromatic nitrogens is 2. The molecule has 2 heterocycles. The van der Waals surface area contributed by atoms with E-state index >= 15 is 0 Å². The number of hydrogen-bond donors (Lipinski definition) is 2. The summed E-state index contributed by atoms with van der Waals surface area (Å²) in [6.07, 6.45) is 0.443. The number of H-pyrrole nitrogens is 1. The molecule has 1 fully saturated rings. The number of hydrogen-bond acceptors (Lipinski definition) is 4. The summed E-state index contributed by atoms with van der Waals surface area (Å²) in [4.78, 5) is 20.3. The first-order valence-corrected chi connectivity index (χ1v) is 10.2. The van der Waals surface area contributed by atoms with Gasteiger partial charge in [-0.05, 0) is 37.6 Å². The highest BCUT2D eigenvalue weighted by molar-refractivity contribution is 7.91. The zero-order valence-corrected chi connectivity index (χ0v) is 15.1. The molecule has 0 bridgehead atoms. The molecule has 3 aromatic rings. The Hall–Kier alpha value is -2.67. The fourth-order valence-electron chi connectivity index (χ4n) is 3.32. The van der Waals surface area contributed by atoms with E-state index in [1.54, 1.807) is 19.1 Å². The van der Waals surface area contributed by atoms with Gasteiger partial charge in [0.2, 0.25) is 0 Å². The molecule has 7 heteroatoms. The minimum atomic E-state index is -3.06. The van der Waals surface area contributed by atoms with Crippen LogP contribution in [0, 0.1) is 0 Å². The number of carbonyl (C=O) groups excluding carboxylic acids is 1. The van der Waals surface area contributed by atoms with E-state index in [-0.39, 0.29) is 17.4 Å². The number of nitrogens with one attached hydrogen (secondary N) is 2. The zero-order valence-electron chi connectivity index (χ0n) is 14.3. The monoisotopic (exact) mass is 369 g/mol. The molecule has 0 radical (unpaired) electrons. The molecule has 1 aliphatic heterocycles. The number of sulfone groups is 1. The van der Waals surface area contributed by atoms with Crippen LogP contribution >= 0.6 is 0 Å². The molecule has 1 aromatic heterocycles. The third-order valence-electron chi connectivity index (χ3n) is 4.73. The third kappa shape index (κ3) is 3.22. The molecule has 1 aliphatic rings. The molecule has 0 unspecified atom stereocenters. The number of para-hydroxylation sites is 2. The Morgan fingerprint density at radius 1 is 1.15 bits per heavy atom. The van der Waals surface area contributed by atoms with E-state index in [1.807, 2.05) is 36.4 Å². The summed E-state index contributed by atoms with van der Waals surface area (Å²) in [7, 11) is -3.06. The Morgan fingerprint density at radius 3 is 2.54 bits per heavy atom. The molecule has 4 rings (SSSR count). The Bertz CT molecular complexity index is 1050. The summed E-state index contributed by atoms with van der Waals surface area (Å²) in [5, 5.41) is 2.87. The number of benzene rings is 2. The van der Waals surface area contributed by atoms with Crippen LogP contribution in [-0.2, 0) is 9.84 Å². The van der Waals surface area contributed by atoms with E-state index in [2.05, 4.69) is 15.3 Å². The highest BCUT2D eigenvalue weighted by Gasteiger charge is 2.39. The number of amides is 1. The average molecular weight is 369 g/mol. The maximum absolute atomic E-state index is 12.5. The number of aromatic amines is 1. The van der Waals surface area contributed by atoms with E-state index in [0.717, 1.165) is 22.4 Å². The van der Waals surface area contributed by atoms with Crippen LogP contribution < -0.4 is 5.32 Å². The number of carbonyl (C=O) groups is 1. The summed E-state index contributed by atoms with van der Waals surface area (Å²) in [5.74, 6) is 0.588. The number of nitrogens with zero attached hydrogens (tertiary/aromatic N) is 1. The molecule has 2 aromatic carbocycles. The standard InChI is InChI=1S/C19H19N3O3S/c1-19(10-11-26(24,25)12-19)22-18(23)14-8-6-13(7-9-14)17-20-15-4-2-3-5-16(15)21-17/h2-9H,10-12H2,1H3,(H,20,21)(H,22,23)/t19-/m1/s1. The minimum Gasteiger partial charge on any atom is -0.346 e. The Labute approximate surface area is 151 Å². The van der Waals surface area contributed by atoms with Crippen molar-refractivity contribution in [3.05, 3.63) is 54.1 Å². The summed E-state index contributed by atoms with van der Waals surface area (Å²) in [6.45, 7) is 1.78. The lowest BCUT2D eigenvalue weighted by Gasteiger charge is -2.23. The predicted molar refractivity (Wildman–Crippen MR) is 101 cm³/mol. The fraction of sp³-hybridized carbons (Fsp3) is 0.263. The first-order chi connectivity index (χ1) is 12.3. The van der Waals surface area contributed by atoms with Crippen LogP contribution in [0.5, 0.6) is 0 Å². The molecule has 6 nitrogen and oxygen atoms in total. The molecule has 1 saturated heterocycles. The van der Waals surface area contributed by atoms with E-state index in [9.17, 15) is 13.2 Å². The van der Waals surface area contributed by atoms with Gasteiger partial charge in [0.25, 0.3) is 5.91 Å². The van der Waals surface area contributed by atoms with Gasteiger partial charge in [0.15, 0.2) is 9.84 Å². The topological polar surface area (TPSA) is 91.9 Å². The van der Waals surface area contributed by atoms with Crippen molar-refractivity contribution >= 4 is 26.8 Å². The largest absolute Gasteiger partial charge is 0.346 e. The summed E-state index contributed by atoms with van der Waals surface area (Å²) in [6, 6.07) is 14.9. The SMILES string of the molecule is C[C@@]1(NC(=O)c2ccc(-c3nc4ccccc4[nH]3)cc2)CCS(=O)(=O)C1. The van der Waals surface area contributed by atoms with E-state index in [4.69, 9.17) is 0 Å². The molecular formula is C19H19N3O3S. The lowest BCUT2D eigenvalue weighted by atomic mass is 10.0. The van der Waals surface area contributed by atoms with Crippen LogP contribution in [-0.4, -0.2) is 41.3 Å². The maximum Gasteiger partial charge on any atom is 0.251 e. The van der Waals surface area contributed by atoms with Crippen molar-refractivity contribution in [3.63, 3.8) is 0 Å². The van der Waals surface area contributed by atoms with Gasteiger partial charge >= 0.3 is 0 Å². The van der Waals surface area contributed by atoms with Gasteiger partial charge in [-0.15, -0.1) is 0 Å². The number of imidazole rings is 1. The van der Waals surface area contributed by atoms with Gasteiger partial charge in [-0.3, -0.25) is 4.79 Å². The van der Waals surface area contributed by atoms with Crippen LogP contribution in [0.2, 0.25) is 0 Å². The van der Waals surface area contributed by atoms with Gasteiger partial charge in [-0.25, -0.2) is 13.4 Å². The number of fused-ring (bicyclic) bond motifs is 1. The summed E-state index contributed by atoms with van der Waals surface area (Å²) >= 11 is 0. The molecule has 1 atom stereocenters. The third-order valence-corrected chi connectivity index (χ3v) is 6.63. The Balaban J connectivity index is 1.53. The maximum atomic E-state index is 12.5. The molecule has 0 spiro atoms. The second-order valence-electron chi connectivity index (χ2n) is 7.04. The lowest BCUT2D eigenvalue weighted by Crippen LogP contribution is -2.46. The first-order valence-electron chi connectivity index (χ1n) is 8.42. The Morgan fingerprint density at radius 2 is 1.88 bits per heavy atom. The zero-order chi connectivity index (χ0) is 18.4. The van der Waals surface area contributed by atoms with E-state index in [0.29, 0.717) is 12.0 Å². The molecule has 2 N–H and O–H groups in total. The van der Waals surface area contributed by atoms with Crippen molar-refractivity contribution in [1.82, 2.24) is 15.3 Å². The molecule has 0 saturated carbocycles. The van der Waals surface area contributed by atoms with Crippen molar-refractivity contribution < 1.29 is 13.2 Å². The predicted octanol–water partition coefficient (Wildman–Crippen LogP) is 2.54. The van der Waals surface area contributed by atoms with Crippen molar-refractivity contribution in [2.75, 3.05) is 11.5 Å². The van der Waals surface area contributed by atoms with Crippen molar-refractivity contribution in [2.24, 2.45) is 0 Å². The van der Waals surface area contributed by atoms with Crippen LogP contribution in [0.3, 0.4) is 0 Å². The van der Waals surface area contributed by atoms with Crippen LogP contribution in [0.15, 0.2) is 48.5 Å². The quantitative estimate of drug-likeness (QED) is 0.742. The molecule has 134 valence electrons. The molecule has 0 aliphatic carbocycles. The van der Waals surface area contributed by atoms with Crippen molar-refractivity contribution in [2.45, 2.75) is 18.9 Å². The minimum absolute atomic E-state index is 0.0111. The van der Waals surface area contributed by atoms with Gasteiger partial charge in [-0.2, -0.15) is 0 Å². The van der Waals surface area contributed by atoms with Crippen molar-refractivity contribution in [1.29, 1.82) is 0 Å². The summed E-state index contributed by atoms with van der Waals surface area (Å²) < 4.78 is 23.4. The smallest absolute Gasteiger partial charge is 0.251 e. The highest BCUT2D eigenvalue weighted by Crippen LogP contribution is 2.24. The van der Waals surface area contributed by atoms with Crippen LogP contribution in [0.1, 0.15) is 23.7 Å². The second-order valence-corrected chi connectivity index (χ2v) is 9.22. The lowest BCUT2D eigenvalue weighted by molar-refractivity contribution is 0.0915. The summed E-state index contributed by atoms with van der Waals surface area (Å²) in [5.41, 5.74) is 2.52. The van der Waals surface area contributed by atoms with E-state index in [1.165, 1.54) is 0 Å².